The van der Waals surface area contributed by atoms with Crippen LogP contribution in [0.15, 0.2) is 48.5 Å². The molecule has 3 rings (SSSR count). The van der Waals surface area contributed by atoms with Crippen LogP contribution in [0, 0.1) is 12.8 Å². The van der Waals surface area contributed by atoms with Gasteiger partial charge < -0.3 is 15.0 Å². The summed E-state index contributed by atoms with van der Waals surface area (Å²) in [5, 5.41) is 2.72. The third kappa shape index (κ3) is 5.03. The molecule has 2 aromatic rings. The third-order valence-electron chi connectivity index (χ3n) is 4.43. The van der Waals surface area contributed by atoms with E-state index in [4.69, 9.17) is 0 Å². The van der Waals surface area contributed by atoms with E-state index in [0.717, 1.165) is 11.1 Å². The van der Waals surface area contributed by atoms with Gasteiger partial charge in [0, 0.05) is 25.2 Å². The highest BCUT2D eigenvalue weighted by Crippen LogP contribution is 2.23. The second-order valence-electron chi connectivity index (χ2n) is 6.55. The largest absolute Gasteiger partial charge is 0.435 e. The van der Waals surface area contributed by atoms with E-state index in [9.17, 15) is 18.4 Å². The number of nitrogens with one attached hydrogen (secondary N) is 1. The lowest BCUT2D eigenvalue weighted by Gasteiger charge is -2.17. The van der Waals surface area contributed by atoms with Crippen LogP contribution in [0.25, 0.3) is 0 Å². The van der Waals surface area contributed by atoms with Crippen LogP contribution in [0.2, 0.25) is 0 Å². The Kier molecular flexibility index (Phi) is 5.69. The van der Waals surface area contributed by atoms with Crippen molar-refractivity contribution in [2.24, 2.45) is 5.92 Å². The summed E-state index contributed by atoms with van der Waals surface area (Å²) in [5.41, 5.74) is 2.63. The predicted molar refractivity (Wildman–Crippen MR) is 96.4 cm³/mol. The van der Waals surface area contributed by atoms with E-state index in [1.807, 2.05) is 31.2 Å². The topological polar surface area (TPSA) is 58.6 Å². The Morgan fingerprint density at radius 2 is 1.85 bits per heavy atom. The fourth-order valence-electron chi connectivity index (χ4n) is 2.98. The minimum absolute atomic E-state index is 0.0170. The number of benzene rings is 2. The molecule has 1 saturated heterocycles. The van der Waals surface area contributed by atoms with Crippen LogP contribution in [0.1, 0.15) is 17.5 Å². The maximum atomic E-state index is 12.4. The first-order valence-electron chi connectivity index (χ1n) is 8.60. The SMILES string of the molecule is Cc1ccc(CN2CC(C(=O)Nc3ccc(OC(F)F)cc3)CC2=O)cc1. The zero-order chi connectivity index (χ0) is 19.4. The Hall–Kier alpha value is -2.96. The van der Waals surface area contributed by atoms with E-state index in [1.165, 1.54) is 24.3 Å². The van der Waals surface area contributed by atoms with Crippen molar-refractivity contribution in [3.63, 3.8) is 0 Å². The van der Waals surface area contributed by atoms with Crippen molar-refractivity contribution in [3.05, 3.63) is 59.7 Å². The van der Waals surface area contributed by atoms with Crippen molar-refractivity contribution in [3.8, 4) is 5.75 Å². The number of anilines is 1. The molecule has 2 amide bonds. The minimum atomic E-state index is -2.89. The summed E-state index contributed by atoms with van der Waals surface area (Å²) < 4.78 is 28.6. The van der Waals surface area contributed by atoms with Gasteiger partial charge in [-0.25, -0.2) is 0 Å². The number of hydrogen-bond donors (Lipinski definition) is 1. The van der Waals surface area contributed by atoms with Crippen LogP contribution < -0.4 is 10.1 Å². The summed E-state index contributed by atoms with van der Waals surface area (Å²) in [7, 11) is 0. The molecule has 0 bridgehead atoms. The highest BCUT2D eigenvalue weighted by Gasteiger charge is 2.34. The van der Waals surface area contributed by atoms with E-state index >= 15 is 0 Å². The fraction of sp³-hybridized carbons (Fsp3) is 0.300. The molecule has 0 radical (unpaired) electrons. The Labute approximate surface area is 155 Å². The first kappa shape index (κ1) is 18.8. The molecule has 1 unspecified atom stereocenters. The van der Waals surface area contributed by atoms with Crippen LogP contribution in [-0.2, 0) is 16.1 Å². The molecular weight excluding hydrogens is 354 g/mol. The molecule has 0 aliphatic carbocycles. The predicted octanol–water partition coefficient (Wildman–Crippen LogP) is 3.58. The lowest BCUT2D eigenvalue weighted by Crippen LogP contribution is -2.28. The molecule has 1 aliphatic rings. The average Bonchev–Trinajstić information content (AvgIpc) is 2.99. The number of likely N-dealkylation sites (tertiary alicyclic amines) is 1. The fourth-order valence-corrected chi connectivity index (χ4v) is 2.98. The summed E-state index contributed by atoms with van der Waals surface area (Å²) >= 11 is 0. The Morgan fingerprint density at radius 3 is 2.48 bits per heavy atom. The number of amides is 2. The summed E-state index contributed by atoms with van der Waals surface area (Å²) in [5.74, 6) is -0.753. The molecule has 1 fully saturated rings. The van der Waals surface area contributed by atoms with E-state index < -0.39 is 12.5 Å². The molecule has 0 aromatic heterocycles. The van der Waals surface area contributed by atoms with Crippen molar-refractivity contribution >= 4 is 17.5 Å². The molecule has 27 heavy (non-hydrogen) atoms. The maximum absolute atomic E-state index is 12.4. The third-order valence-corrected chi connectivity index (χ3v) is 4.43. The number of carbonyl (C=O) groups is 2. The quantitative estimate of drug-likeness (QED) is 0.841. The number of rotatable bonds is 6. The molecule has 5 nitrogen and oxygen atoms in total. The van der Waals surface area contributed by atoms with E-state index in [0.29, 0.717) is 18.8 Å². The van der Waals surface area contributed by atoms with Crippen LogP contribution in [0.5, 0.6) is 5.75 Å². The molecule has 7 heteroatoms. The first-order chi connectivity index (χ1) is 12.9. The van der Waals surface area contributed by atoms with Gasteiger partial charge >= 0.3 is 6.61 Å². The standard InChI is InChI=1S/C20H20F2N2O3/c1-13-2-4-14(5-3-13)11-24-12-15(10-18(24)25)19(26)23-16-6-8-17(9-7-16)27-20(21)22/h2-9,15,20H,10-12H2,1H3,(H,23,26). The number of aryl methyl sites for hydroxylation is 1. The summed E-state index contributed by atoms with van der Waals surface area (Å²) in [6.45, 7) is -0.0696. The number of alkyl halides is 2. The van der Waals surface area contributed by atoms with Crippen LogP contribution in [0.4, 0.5) is 14.5 Å². The van der Waals surface area contributed by atoms with Gasteiger partial charge in [0.25, 0.3) is 0 Å². The van der Waals surface area contributed by atoms with Gasteiger partial charge in [-0.05, 0) is 36.8 Å². The van der Waals surface area contributed by atoms with Gasteiger partial charge in [-0.2, -0.15) is 8.78 Å². The second-order valence-corrected chi connectivity index (χ2v) is 6.55. The molecule has 142 valence electrons. The zero-order valence-corrected chi connectivity index (χ0v) is 14.8. The monoisotopic (exact) mass is 374 g/mol. The van der Waals surface area contributed by atoms with Crippen molar-refractivity contribution in [2.45, 2.75) is 26.5 Å². The number of nitrogens with zero attached hydrogens (tertiary/aromatic N) is 1. The average molecular weight is 374 g/mol. The Morgan fingerprint density at radius 1 is 1.19 bits per heavy atom. The maximum Gasteiger partial charge on any atom is 0.387 e. The molecule has 0 spiro atoms. The molecule has 1 atom stereocenters. The second kappa shape index (κ2) is 8.16. The Balaban J connectivity index is 1.56. The number of halogens is 2. The van der Waals surface area contributed by atoms with Gasteiger partial charge in [0.1, 0.15) is 5.75 Å². The molecule has 1 N–H and O–H groups in total. The minimum Gasteiger partial charge on any atom is -0.435 e. The number of hydrogen-bond acceptors (Lipinski definition) is 3. The van der Waals surface area contributed by atoms with Crippen molar-refractivity contribution in [2.75, 3.05) is 11.9 Å². The van der Waals surface area contributed by atoms with Gasteiger partial charge in [-0.3, -0.25) is 9.59 Å². The van der Waals surface area contributed by atoms with Gasteiger partial charge in [0.05, 0.1) is 5.92 Å². The van der Waals surface area contributed by atoms with E-state index in [1.54, 1.807) is 4.90 Å². The number of carbonyl (C=O) groups excluding carboxylic acids is 2. The Bertz CT molecular complexity index is 807. The summed E-state index contributed by atoms with van der Waals surface area (Å²) in [4.78, 5) is 26.3. The van der Waals surface area contributed by atoms with Crippen molar-refractivity contribution in [1.29, 1.82) is 0 Å². The van der Waals surface area contributed by atoms with Gasteiger partial charge in [-0.1, -0.05) is 29.8 Å². The van der Waals surface area contributed by atoms with Gasteiger partial charge in [0.15, 0.2) is 0 Å². The van der Waals surface area contributed by atoms with Crippen LogP contribution in [-0.4, -0.2) is 29.9 Å². The van der Waals surface area contributed by atoms with Crippen molar-refractivity contribution < 1.29 is 23.1 Å². The molecule has 1 heterocycles. The first-order valence-corrected chi connectivity index (χ1v) is 8.60. The molecular formula is C20H20F2N2O3. The summed E-state index contributed by atoms with van der Waals surface area (Å²) in [6, 6.07) is 13.6. The smallest absolute Gasteiger partial charge is 0.387 e. The zero-order valence-electron chi connectivity index (χ0n) is 14.8. The molecule has 1 aliphatic heterocycles. The van der Waals surface area contributed by atoms with E-state index in [2.05, 4.69) is 10.1 Å². The van der Waals surface area contributed by atoms with E-state index in [-0.39, 0.29) is 24.0 Å². The lowest BCUT2D eigenvalue weighted by molar-refractivity contribution is -0.128. The highest BCUT2D eigenvalue weighted by atomic mass is 19.3. The molecule has 0 saturated carbocycles. The molecule has 2 aromatic carbocycles. The summed E-state index contributed by atoms with van der Waals surface area (Å²) in [6.07, 6.45) is 0.157. The normalized spacial score (nSPS) is 16.7. The van der Waals surface area contributed by atoms with Crippen molar-refractivity contribution in [1.82, 2.24) is 4.90 Å². The highest BCUT2D eigenvalue weighted by molar-refractivity contribution is 5.97. The van der Waals surface area contributed by atoms with Gasteiger partial charge in [-0.15, -0.1) is 0 Å². The van der Waals surface area contributed by atoms with Crippen LogP contribution >= 0.6 is 0 Å². The number of ether oxygens (including phenoxy) is 1. The van der Waals surface area contributed by atoms with Crippen LogP contribution in [0.3, 0.4) is 0 Å². The lowest BCUT2D eigenvalue weighted by atomic mass is 10.1. The van der Waals surface area contributed by atoms with Gasteiger partial charge in [0.2, 0.25) is 11.8 Å².